The molecule has 0 spiro atoms. The van der Waals surface area contributed by atoms with Crippen molar-refractivity contribution in [1.82, 2.24) is 4.90 Å². The molecule has 0 aliphatic rings. The minimum Gasteiger partial charge on any atom is -0.380 e. The number of amides is 1. The van der Waals surface area contributed by atoms with Gasteiger partial charge >= 0.3 is 0 Å². The molecular formula is C13H18INO2. The molecule has 0 aromatic heterocycles. The van der Waals surface area contributed by atoms with E-state index >= 15 is 0 Å². The lowest BCUT2D eigenvalue weighted by Gasteiger charge is -2.21. The molecule has 1 amide bonds. The molecule has 0 fully saturated rings. The number of hydrogen-bond donors (Lipinski definition) is 0. The van der Waals surface area contributed by atoms with Gasteiger partial charge in [-0.05, 0) is 48.6 Å². The second kappa shape index (κ2) is 7.66. The Morgan fingerprint density at radius 3 is 2.65 bits per heavy atom. The molecule has 1 rings (SSSR count). The standard InChI is InChI=1S/C13H18INO2/c1-3-15(9-10-17-4-2)13(16)11-7-5-6-8-12(11)14/h5-8H,3-4,9-10H2,1-2H3. The number of halogens is 1. The van der Waals surface area contributed by atoms with Crippen LogP contribution in [0.3, 0.4) is 0 Å². The van der Waals surface area contributed by atoms with E-state index in [1.807, 2.05) is 43.0 Å². The fourth-order valence-corrected chi connectivity index (χ4v) is 2.15. The second-order valence-electron chi connectivity index (χ2n) is 3.56. The Hall–Kier alpha value is -0.620. The van der Waals surface area contributed by atoms with Gasteiger partial charge in [0.15, 0.2) is 0 Å². The Morgan fingerprint density at radius 1 is 1.35 bits per heavy atom. The maximum atomic E-state index is 12.3. The topological polar surface area (TPSA) is 29.5 Å². The van der Waals surface area contributed by atoms with Gasteiger partial charge in [-0.2, -0.15) is 0 Å². The van der Waals surface area contributed by atoms with Gasteiger partial charge in [0.2, 0.25) is 0 Å². The molecule has 0 bridgehead atoms. The summed E-state index contributed by atoms with van der Waals surface area (Å²) in [5.74, 6) is 0.0807. The Labute approximate surface area is 116 Å². The highest BCUT2D eigenvalue weighted by atomic mass is 127. The van der Waals surface area contributed by atoms with Crippen LogP contribution in [0.1, 0.15) is 24.2 Å². The third-order valence-corrected chi connectivity index (χ3v) is 3.42. The highest BCUT2D eigenvalue weighted by Crippen LogP contribution is 2.13. The average molecular weight is 347 g/mol. The first-order valence-corrected chi connectivity index (χ1v) is 6.90. The lowest BCUT2D eigenvalue weighted by molar-refractivity contribution is 0.0668. The zero-order valence-electron chi connectivity index (χ0n) is 10.3. The minimum absolute atomic E-state index is 0.0807. The van der Waals surface area contributed by atoms with Gasteiger partial charge in [0.25, 0.3) is 5.91 Å². The number of hydrogen-bond acceptors (Lipinski definition) is 2. The number of likely N-dealkylation sites (N-methyl/N-ethyl adjacent to an activating group) is 1. The van der Waals surface area contributed by atoms with Crippen molar-refractivity contribution in [1.29, 1.82) is 0 Å². The first-order chi connectivity index (χ1) is 8.20. The highest BCUT2D eigenvalue weighted by Gasteiger charge is 2.15. The van der Waals surface area contributed by atoms with E-state index in [0.29, 0.717) is 26.3 Å². The van der Waals surface area contributed by atoms with Crippen molar-refractivity contribution in [3.8, 4) is 0 Å². The smallest absolute Gasteiger partial charge is 0.254 e. The molecule has 0 N–H and O–H groups in total. The number of nitrogens with zero attached hydrogens (tertiary/aromatic N) is 1. The van der Waals surface area contributed by atoms with E-state index in [9.17, 15) is 4.79 Å². The summed E-state index contributed by atoms with van der Waals surface area (Å²) in [5.41, 5.74) is 0.770. The summed E-state index contributed by atoms with van der Waals surface area (Å²) in [5, 5.41) is 0. The summed E-state index contributed by atoms with van der Waals surface area (Å²) >= 11 is 2.19. The van der Waals surface area contributed by atoms with Crippen molar-refractivity contribution in [3.05, 3.63) is 33.4 Å². The van der Waals surface area contributed by atoms with Crippen LogP contribution in [0.5, 0.6) is 0 Å². The molecule has 1 aromatic carbocycles. The van der Waals surface area contributed by atoms with Gasteiger partial charge < -0.3 is 9.64 Å². The summed E-state index contributed by atoms with van der Waals surface area (Å²) in [4.78, 5) is 14.1. The van der Waals surface area contributed by atoms with Gasteiger partial charge in [0, 0.05) is 23.3 Å². The largest absolute Gasteiger partial charge is 0.380 e. The van der Waals surface area contributed by atoms with Crippen molar-refractivity contribution in [2.75, 3.05) is 26.3 Å². The maximum Gasteiger partial charge on any atom is 0.254 e. The zero-order valence-corrected chi connectivity index (χ0v) is 12.4. The second-order valence-corrected chi connectivity index (χ2v) is 4.72. The van der Waals surface area contributed by atoms with Gasteiger partial charge in [-0.1, -0.05) is 12.1 Å². The first-order valence-electron chi connectivity index (χ1n) is 5.82. The molecular weight excluding hydrogens is 329 g/mol. The fraction of sp³-hybridized carbons (Fsp3) is 0.462. The summed E-state index contributed by atoms with van der Waals surface area (Å²) in [6.45, 7) is 6.58. The normalized spacial score (nSPS) is 10.3. The lowest BCUT2D eigenvalue weighted by atomic mass is 10.2. The molecule has 0 radical (unpaired) electrons. The summed E-state index contributed by atoms with van der Waals surface area (Å²) in [6.07, 6.45) is 0. The van der Waals surface area contributed by atoms with Crippen molar-refractivity contribution in [2.24, 2.45) is 0 Å². The van der Waals surface area contributed by atoms with E-state index < -0.39 is 0 Å². The predicted molar refractivity (Wildman–Crippen MR) is 77.2 cm³/mol. The van der Waals surface area contributed by atoms with Gasteiger partial charge in [0.05, 0.1) is 12.2 Å². The van der Waals surface area contributed by atoms with Crippen LogP contribution in [0.4, 0.5) is 0 Å². The molecule has 3 nitrogen and oxygen atoms in total. The molecule has 0 atom stereocenters. The lowest BCUT2D eigenvalue weighted by Crippen LogP contribution is -2.34. The molecule has 0 saturated carbocycles. The highest BCUT2D eigenvalue weighted by molar-refractivity contribution is 14.1. The van der Waals surface area contributed by atoms with Gasteiger partial charge in [-0.15, -0.1) is 0 Å². The van der Waals surface area contributed by atoms with E-state index in [-0.39, 0.29) is 5.91 Å². The molecule has 1 aromatic rings. The first kappa shape index (κ1) is 14.4. The van der Waals surface area contributed by atoms with Gasteiger partial charge in [0.1, 0.15) is 0 Å². The van der Waals surface area contributed by atoms with Crippen LogP contribution in [0.15, 0.2) is 24.3 Å². The zero-order chi connectivity index (χ0) is 12.7. The SMILES string of the molecule is CCOCCN(CC)C(=O)c1ccccc1I. The number of carbonyl (C=O) groups excluding carboxylic acids is 1. The van der Waals surface area contributed by atoms with Gasteiger partial charge in [-0.3, -0.25) is 4.79 Å². The van der Waals surface area contributed by atoms with Crippen LogP contribution in [0.2, 0.25) is 0 Å². The van der Waals surface area contributed by atoms with Crippen molar-refractivity contribution in [3.63, 3.8) is 0 Å². The van der Waals surface area contributed by atoms with E-state index in [1.54, 1.807) is 0 Å². The van der Waals surface area contributed by atoms with Crippen molar-refractivity contribution in [2.45, 2.75) is 13.8 Å². The van der Waals surface area contributed by atoms with E-state index in [1.165, 1.54) is 0 Å². The Balaban J connectivity index is 2.69. The van der Waals surface area contributed by atoms with Crippen LogP contribution in [-0.4, -0.2) is 37.1 Å². The van der Waals surface area contributed by atoms with Crippen LogP contribution in [0.25, 0.3) is 0 Å². The summed E-state index contributed by atoms with van der Waals surface area (Å²) in [7, 11) is 0. The Morgan fingerprint density at radius 2 is 2.06 bits per heavy atom. The van der Waals surface area contributed by atoms with Gasteiger partial charge in [-0.25, -0.2) is 0 Å². The number of benzene rings is 1. The summed E-state index contributed by atoms with van der Waals surface area (Å²) in [6, 6.07) is 7.65. The van der Waals surface area contributed by atoms with E-state index in [0.717, 1.165) is 9.13 Å². The minimum atomic E-state index is 0.0807. The van der Waals surface area contributed by atoms with Crippen molar-refractivity contribution < 1.29 is 9.53 Å². The number of ether oxygens (including phenoxy) is 1. The number of rotatable bonds is 6. The third-order valence-electron chi connectivity index (χ3n) is 2.48. The molecule has 0 aliphatic carbocycles. The average Bonchev–Trinajstić information content (AvgIpc) is 2.35. The molecule has 4 heteroatoms. The van der Waals surface area contributed by atoms with Crippen LogP contribution < -0.4 is 0 Å². The molecule has 0 saturated heterocycles. The van der Waals surface area contributed by atoms with Crippen LogP contribution in [0, 0.1) is 3.57 Å². The number of carbonyl (C=O) groups is 1. The summed E-state index contributed by atoms with van der Waals surface area (Å²) < 4.78 is 6.28. The van der Waals surface area contributed by atoms with Crippen LogP contribution >= 0.6 is 22.6 Å². The molecule has 0 unspecified atom stereocenters. The quantitative estimate of drug-likeness (QED) is 0.585. The Bertz CT molecular complexity index is 368. The molecule has 0 heterocycles. The van der Waals surface area contributed by atoms with E-state index in [2.05, 4.69) is 22.6 Å². The van der Waals surface area contributed by atoms with Crippen molar-refractivity contribution >= 4 is 28.5 Å². The fourth-order valence-electron chi connectivity index (χ4n) is 1.53. The maximum absolute atomic E-state index is 12.3. The van der Waals surface area contributed by atoms with Crippen LogP contribution in [-0.2, 0) is 4.74 Å². The van der Waals surface area contributed by atoms with E-state index in [4.69, 9.17) is 4.74 Å². The predicted octanol–water partition coefficient (Wildman–Crippen LogP) is 2.79. The molecule has 17 heavy (non-hydrogen) atoms. The Kier molecular flexibility index (Phi) is 6.50. The monoisotopic (exact) mass is 347 g/mol. The molecule has 94 valence electrons. The third kappa shape index (κ3) is 4.27. The molecule has 0 aliphatic heterocycles.